The van der Waals surface area contributed by atoms with E-state index in [-0.39, 0.29) is 13.0 Å². The maximum atomic E-state index is 12.2. The fourth-order valence-corrected chi connectivity index (χ4v) is 2.75. The van der Waals surface area contributed by atoms with Gasteiger partial charge in [-0.15, -0.1) is 0 Å². The highest BCUT2D eigenvalue weighted by Crippen LogP contribution is 2.26. The van der Waals surface area contributed by atoms with E-state index >= 15 is 0 Å². The number of carbonyl (C=O) groups is 2. The van der Waals surface area contributed by atoms with Gasteiger partial charge in [0, 0.05) is 0 Å². The molecule has 148 valence electrons. The zero-order valence-corrected chi connectivity index (χ0v) is 15.7. The van der Waals surface area contributed by atoms with E-state index in [4.69, 9.17) is 9.47 Å². The van der Waals surface area contributed by atoms with Crippen LogP contribution in [0.3, 0.4) is 0 Å². The molecule has 0 unspecified atom stereocenters. The smallest absolute Gasteiger partial charge is 0.407 e. The van der Waals surface area contributed by atoms with Crippen molar-refractivity contribution in [3.8, 4) is 11.5 Å². The predicted octanol–water partition coefficient (Wildman–Crippen LogP) is 4.92. The summed E-state index contributed by atoms with van der Waals surface area (Å²) in [5.41, 5.74) is 1.45. The van der Waals surface area contributed by atoms with Crippen LogP contribution in [0.4, 0.5) is 4.79 Å². The molecule has 3 aromatic rings. The van der Waals surface area contributed by atoms with E-state index < -0.39 is 18.1 Å². The van der Waals surface area contributed by atoms with Gasteiger partial charge in [0.05, 0.1) is 12.5 Å². The monoisotopic (exact) mass is 391 g/mol. The number of para-hydroxylation sites is 1. The number of hydrogen-bond donors (Lipinski definition) is 2. The number of benzene rings is 3. The van der Waals surface area contributed by atoms with Crippen LogP contribution >= 0.6 is 0 Å². The Labute approximate surface area is 168 Å². The Morgan fingerprint density at radius 3 is 2.21 bits per heavy atom. The SMILES string of the molecule is O=C(O)C[C@H](NC(=O)OCc1ccccc1)c1cccc(Oc2ccccc2)c1. The van der Waals surface area contributed by atoms with E-state index in [1.165, 1.54) is 0 Å². The highest BCUT2D eigenvalue weighted by molar-refractivity contribution is 5.72. The van der Waals surface area contributed by atoms with Gasteiger partial charge < -0.3 is 19.9 Å². The molecule has 0 bridgehead atoms. The number of carbonyl (C=O) groups excluding carboxylic acids is 1. The van der Waals surface area contributed by atoms with Crippen molar-refractivity contribution in [1.82, 2.24) is 5.32 Å². The molecule has 29 heavy (non-hydrogen) atoms. The average molecular weight is 391 g/mol. The van der Waals surface area contributed by atoms with Crippen molar-refractivity contribution >= 4 is 12.1 Å². The first kappa shape index (κ1) is 19.9. The normalized spacial score (nSPS) is 11.3. The molecule has 0 fully saturated rings. The summed E-state index contributed by atoms with van der Waals surface area (Å²) >= 11 is 0. The Morgan fingerprint density at radius 2 is 1.52 bits per heavy atom. The Hall–Kier alpha value is -3.80. The maximum Gasteiger partial charge on any atom is 0.407 e. The van der Waals surface area contributed by atoms with Crippen molar-refractivity contribution in [2.24, 2.45) is 0 Å². The summed E-state index contributed by atoms with van der Waals surface area (Å²) in [6.07, 6.45) is -0.968. The second kappa shape index (κ2) is 9.94. The third kappa shape index (κ3) is 6.39. The molecule has 0 aliphatic heterocycles. The first-order valence-corrected chi connectivity index (χ1v) is 9.12. The Bertz CT molecular complexity index is 944. The first-order chi connectivity index (χ1) is 14.1. The van der Waals surface area contributed by atoms with Crippen molar-refractivity contribution in [3.05, 3.63) is 96.1 Å². The van der Waals surface area contributed by atoms with E-state index in [9.17, 15) is 14.7 Å². The van der Waals surface area contributed by atoms with E-state index in [0.29, 0.717) is 17.1 Å². The van der Waals surface area contributed by atoms with Crippen molar-refractivity contribution in [3.63, 3.8) is 0 Å². The van der Waals surface area contributed by atoms with Crippen LogP contribution in [-0.2, 0) is 16.1 Å². The Morgan fingerprint density at radius 1 is 0.862 bits per heavy atom. The van der Waals surface area contributed by atoms with Gasteiger partial charge in [0.25, 0.3) is 0 Å². The highest BCUT2D eigenvalue weighted by atomic mass is 16.5. The minimum Gasteiger partial charge on any atom is -0.481 e. The summed E-state index contributed by atoms with van der Waals surface area (Å²) in [7, 11) is 0. The lowest BCUT2D eigenvalue weighted by Crippen LogP contribution is -2.30. The van der Waals surface area contributed by atoms with Gasteiger partial charge in [-0.2, -0.15) is 0 Å². The first-order valence-electron chi connectivity index (χ1n) is 9.12. The molecule has 6 nitrogen and oxygen atoms in total. The maximum absolute atomic E-state index is 12.2. The molecule has 6 heteroatoms. The summed E-state index contributed by atoms with van der Waals surface area (Å²) in [6, 6.07) is 24.7. The van der Waals surface area contributed by atoms with Gasteiger partial charge in [-0.05, 0) is 35.4 Å². The molecule has 0 aliphatic carbocycles. The van der Waals surface area contributed by atoms with Crippen LogP contribution in [0.5, 0.6) is 11.5 Å². The Kier molecular flexibility index (Phi) is 6.84. The van der Waals surface area contributed by atoms with Gasteiger partial charge in [0.1, 0.15) is 18.1 Å². The molecule has 0 radical (unpaired) electrons. The molecule has 1 amide bonds. The van der Waals surface area contributed by atoms with Gasteiger partial charge >= 0.3 is 12.1 Å². The third-order valence-corrected chi connectivity index (χ3v) is 4.12. The van der Waals surface area contributed by atoms with E-state index in [1.807, 2.05) is 60.7 Å². The molecule has 0 saturated carbocycles. The molecule has 2 N–H and O–H groups in total. The molecule has 0 aliphatic rings. The van der Waals surface area contributed by atoms with E-state index in [1.54, 1.807) is 24.3 Å². The number of alkyl carbamates (subject to hydrolysis) is 1. The summed E-state index contributed by atoms with van der Waals surface area (Å²) in [6.45, 7) is 0.101. The number of amides is 1. The third-order valence-electron chi connectivity index (χ3n) is 4.12. The molecule has 1 atom stereocenters. The van der Waals surface area contributed by atoms with Crippen molar-refractivity contribution in [2.75, 3.05) is 0 Å². The minimum absolute atomic E-state index is 0.101. The highest BCUT2D eigenvalue weighted by Gasteiger charge is 2.19. The van der Waals surface area contributed by atoms with Gasteiger partial charge in [-0.1, -0.05) is 60.7 Å². The van der Waals surface area contributed by atoms with Gasteiger partial charge in [0.15, 0.2) is 0 Å². The zero-order valence-electron chi connectivity index (χ0n) is 15.7. The number of carboxylic acids is 1. The van der Waals surface area contributed by atoms with E-state index in [2.05, 4.69) is 5.32 Å². The zero-order chi connectivity index (χ0) is 20.5. The molecule has 3 aromatic carbocycles. The fraction of sp³-hybridized carbons (Fsp3) is 0.130. The molecule has 3 rings (SSSR count). The van der Waals surface area contributed by atoms with Crippen LogP contribution in [0.2, 0.25) is 0 Å². The lowest BCUT2D eigenvalue weighted by atomic mass is 10.0. The summed E-state index contributed by atoms with van der Waals surface area (Å²) in [5, 5.41) is 11.9. The number of rotatable bonds is 8. The van der Waals surface area contributed by atoms with Crippen molar-refractivity contribution < 1.29 is 24.2 Å². The Balaban J connectivity index is 1.68. The van der Waals surface area contributed by atoms with Gasteiger partial charge in [0.2, 0.25) is 0 Å². The number of hydrogen-bond acceptors (Lipinski definition) is 4. The van der Waals surface area contributed by atoms with Crippen LogP contribution in [0, 0.1) is 0 Å². The minimum atomic E-state index is -1.03. The number of aliphatic carboxylic acids is 1. The molecular weight excluding hydrogens is 370 g/mol. The standard InChI is InChI=1S/C23H21NO5/c25-22(26)15-21(24-23(27)28-16-17-8-3-1-4-9-17)18-10-7-13-20(14-18)29-19-11-5-2-6-12-19/h1-14,21H,15-16H2,(H,24,27)(H,25,26)/t21-/m0/s1. The van der Waals surface area contributed by atoms with Gasteiger partial charge in [-0.25, -0.2) is 4.79 Å². The lowest BCUT2D eigenvalue weighted by molar-refractivity contribution is -0.137. The predicted molar refractivity (Wildman–Crippen MR) is 108 cm³/mol. The second-order valence-electron chi connectivity index (χ2n) is 6.34. The second-order valence-corrected chi connectivity index (χ2v) is 6.34. The van der Waals surface area contributed by atoms with Crippen LogP contribution in [0.15, 0.2) is 84.9 Å². The van der Waals surface area contributed by atoms with E-state index in [0.717, 1.165) is 5.56 Å². The number of nitrogens with one attached hydrogen (secondary N) is 1. The molecule has 0 aromatic heterocycles. The van der Waals surface area contributed by atoms with Crippen LogP contribution in [0.1, 0.15) is 23.6 Å². The summed E-state index contributed by atoms with van der Waals surface area (Å²) in [4.78, 5) is 23.5. The van der Waals surface area contributed by atoms with Crippen molar-refractivity contribution in [2.45, 2.75) is 19.1 Å². The summed E-state index contributed by atoms with van der Waals surface area (Å²) in [5.74, 6) is 0.172. The topological polar surface area (TPSA) is 84.9 Å². The molecule has 0 heterocycles. The summed E-state index contributed by atoms with van der Waals surface area (Å²) < 4.78 is 11.0. The van der Waals surface area contributed by atoms with Gasteiger partial charge in [-0.3, -0.25) is 4.79 Å². The van der Waals surface area contributed by atoms with Crippen LogP contribution in [0.25, 0.3) is 0 Å². The average Bonchev–Trinajstić information content (AvgIpc) is 2.73. The molecule has 0 saturated heterocycles. The van der Waals surface area contributed by atoms with Crippen LogP contribution < -0.4 is 10.1 Å². The number of ether oxygens (including phenoxy) is 2. The molecule has 0 spiro atoms. The fourth-order valence-electron chi connectivity index (χ4n) is 2.75. The van der Waals surface area contributed by atoms with Crippen molar-refractivity contribution in [1.29, 1.82) is 0 Å². The molecular formula is C23H21NO5. The number of carboxylic acid groups (broad SMARTS) is 1. The quantitative estimate of drug-likeness (QED) is 0.569. The largest absolute Gasteiger partial charge is 0.481 e. The lowest BCUT2D eigenvalue weighted by Gasteiger charge is -2.18. The van der Waals surface area contributed by atoms with Crippen LogP contribution in [-0.4, -0.2) is 17.2 Å².